The molecule has 0 aliphatic heterocycles. The van der Waals surface area contributed by atoms with Crippen LogP contribution >= 0.6 is 11.6 Å². The maximum absolute atomic E-state index is 11.7. The molecule has 0 bridgehead atoms. The van der Waals surface area contributed by atoms with Crippen LogP contribution in [0.25, 0.3) is 6.08 Å². The van der Waals surface area contributed by atoms with Crippen LogP contribution in [0.5, 0.6) is 17.2 Å². The normalized spacial score (nSPS) is 10.6. The fraction of sp³-hybridized carbons (Fsp3) is 0.0952. The van der Waals surface area contributed by atoms with E-state index in [0.717, 1.165) is 5.56 Å². The van der Waals surface area contributed by atoms with Crippen molar-refractivity contribution in [3.63, 3.8) is 0 Å². The topological polar surface area (TPSA) is 97.1 Å². The molecular formula is C21H16ClN3O4. The summed E-state index contributed by atoms with van der Waals surface area (Å²) in [6.07, 6.45) is 4.39. The van der Waals surface area contributed by atoms with Crippen LogP contribution in [-0.2, 0) is 6.54 Å². The number of hydrogen-bond donors (Lipinski definition) is 1. The zero-order valence-electron chi connectivity index (χ0n) is 15.2. The standard InChI is InChI=1S/C21H16ClN3O4/c22-16-12-15(4-3-8-23)13-17(14-16)29-19-6-2-1-5-18(19)28-11-10-25-9-7-20(26)24-21(25)27/h1-7,9,12-14H,10-11H2,(H,24,26,27)/b4-3+. The second kappa shape index (κ2) is 9.44. The quantitative estimate of drug-likeness (QED) is 0.601. The Balaban J connectivity index is 1.73. The minimum atomic E-state index is -0.498. The lowest BCUT2D eigenvalue weighted by Gasteiger charge is -2.13. The van der Waals surface area contributed by atoms with Crippen LogP contribution in [0.15, 0.2) is 70.4 Å². The molecule has 0 aliphatic rings. The second-order valence-corrected chi connectivity index (χ2v) is 6.32. The molecule has 0 radical (unpaired) electrons. The number of hydrogen-bond acceptors (Lipinski definition) is 5. The van der Waals surface area contributed by atoms with Crippen molar-refractivity contribution in [2.75, 3.05) is 6.61 Å². The van der Waals surface area contributed by atoms with Gasteiger partial charge in [-0.15, -0.1) is 0 Å². The fourth-order valence-corrected chi connectivity index (χ4v) is 2.76. The molecule has 3 rings (SSSR count). The summed E-state index contributed by atoms with van der Waals surface area (Å²) in [6, 6.07) is 15.4. The Bertz CT molecular complexity index is 1190. The number of H-pyrrole nitrogens is 1. The van der Waals surface area contributed by atoms with Gasteiger partial charge in [0.15, 0.2) is 11.5 Å². The van der Waals surface area contributed by atoms with Gasteiger partial charge in [-0.2, -0.15) is 5.26 Å². The highest BCUT2D eigenvalue weighted by molar-refractivity contribution is 6.30. The monoisotopic (exact) mass is 409 g/mol. The van der Waals surface area contributed by atoms with Gasteiger partial charge < -0.3 is 9.47 Å². The van der Waals surface area contributed by atoms with Crippen LogP contribution in [0.3, 0.4) is 0 Å². The average Bonchev–Trinajstić information content (AvgIpc) is 2.69. The molecule has 3 aromatic rings. The first-order chi connectivity index (χ1) is 14.0. The van der Waals surface area contributed by atoms with E-state index in [4.69, 9.17) is 26.3 Å². The Morgan fingerprint density at radius 1 is 1.14 bits per heavy atom. The maximum atomic E-state index is 11.7. The Labute approximate surface area is 171 Å². The van der Waals surface area contributed by atoms with Gasteiger partial charge >= 0.3 is 5.69 Å². The molecule has 0 fully saturated rings. The van der Waals surface area contributed by atoms with E-state index in [9.17, 15) is 9.59 Å². The van der Waals surface area contributed by atoms with Crippen molar-refractivity contribution in [3.05, 3.63) is 92.2 Å². The first kappa shape index (κ1) is 20.0. The maximum Gasteiger partial charge on any atom is 0.328 e. The number of halogens is 1. The van der Waals surface area contributed by atoms with Crippen molar-refractivity contribution in [2.24, 2.45) is 0 Å². The molecule has 0 saturated carbocycles. The van der Waals surface area contributed by atoms with Gasteiger partial charge in [0.25, 0.3) is 5.56 Å². The number of nitrogens with zero attached hydrogens (tertiary/aromatic N) is 2. The Kier molecular flexibility index (Phi) is 6.51. The Morgan fingerprint density at radius 2 is 1.93 bits per heavy atom. The predicted molar refractivity (Wildman–Crippen MR) is 109 cm³/mol. The highest BCUT2D eigenvalue weighted by atomic mass is 35.5. The Morgan fingerprint density at radius 3 is 2.69 bits per heavy atom. The molecule has 0 amide bonds. The highest BCUT2D eigenvalue weighted by Crippen LogP contribution is 2.33. The summed E-state index contributed by atoms with van der Waals surface area (Å²) in [5.41, 5.74) is -0.219. The number of para-hydroxylation sites is 2. The summed E-state index contributed by atoms with van der Waals surface area (Å²) in [7, 11) is 0. The molecule has 0 aliphatic carbocycles. The smallest absolute Gasteiger partial charge is 0.328 e. The van der Waals surface area contributed by atoms with Gasteiger partial charge in [-0.25, -0.2) is 4.79 Å². The van der Waals surface area contributed by atoms with E-state index in [1.807, 2.05) is 6.07 Å². The molecule has 0 spiro atoms. The zero-order valence-corrected chi connectivity index (χ0v) is 15.9. The number of rotatable bonds is 7. The van der Waals surface area contributed by atoms with Gasteiger partial charge in [-0.05, 0) is 42.0 Å². The SMILES string of the molecule is N#C/C=C/c1cc(Cl)cc(Oc2ccccc2OCCn2ccc(=O)[nH]c2=O)c1. The highest BCUT2D eigenvalue weighted by Gasteiger charge is 2.08. The fourth-order valence-electron chi connectivity index (χ4n) is 2.53. The van der Waals surface area contributed by atoms with Crippen LogP contribution in [0, 0.1) is 11.3 Å². The molecule has 0 atom stereocenters. The van der Waals surface area contributed by atoms with Crippen molar-refractivity contribution in [1.29, 1.82) is 5.26 Å². The van der Waals surface area contributed by atoms with Gasteiger partial charge in [0.1, 0.15) is 12.4 Å². The van der Waals surface area contributed by atoms with Crippen LogP contribution in [0.2, 0.25) is 5.02 Å². The summed E-state index contributed by atoms with van der Waals surface area (Å²) in [6.45, 7) is 0.447. The summed E-state index contributed by atoms with van der Waals surface area (Å²) in [5.74, 6) is 1.45. The minimum Gasteiger partial charge on any atom is -0.488 e. The van der Waals surface area contributed by atoms with E-state index in [2.05, 4.69) is 4.98 Å². The molecule has 2 aromatic carbocycles. The van der Waals surface area contributed by atoms with Crippen molar-refractivity contribution in [2.45, 2.75) is 6.54 Å². The molecule has 1 aromatic heterocycles. The lowest BCUT2D eigenvalue weighted by Crippen LogP contribution is -2.30. The number of aromatic nitrogens is 2. The summed E-state index contributed by atoms with van der Waals surface area (Å²) >= 11 is 6.13. The zero-order chi connectivity index (χ0) is 20.6. The first-order valence-corrected chi connectivity index (χ1v) is 8.99. The lowest BCUT2D eigenvalue weighted by atomic mass is 10.2. The summed E-state index contributed by atoms with van der Waals surface area (Å²) in [5, 5.41) is 9.15. The molecule has 7 nitrogen and oxygen atoms in total. The van der Waals surface area contributed by atoms with E-state index >= 15 is 0 Å². The van der Waals surface area contributed by atoms with E-state index in [0.29, 0.717) is 22.3 Å². The molecular weight excluding hydrogens is 394 g/mol. The van der Waals surface area contributed by atoms with E-state index in [1.54, 1.807) is 48.5 Å². The molecule has 1 heterocycles. The van der Waals surface area contributed by atoms with Crippen LogP contribution in [-0.4, -0.2) is 16.2 Å². The number of nitrogens with one attached hydrogen (secondary N) is 1. The molecule has 29 heavy (non-hydrogen) atoms. The number of aromatic amines is 1. The lowest BCUT2D eigenvalue weighted by molar-refractivity contribution is 0.283. The van der Waals surface area contributed by atoms with Gasteiger partial charge in [0.2, 0.25) is 0 Å². The van der Waals surface area contributed by atoms with Crippen molar-refractivity contribution in [3.8, 4) is 23.3 Å². The van der Waals surface area contributed by atoms with Gasteiger partial charge in [-0.1, -0.05) is 23.7 Å². The van der Waals surface area contributed by atoms with Crippen LogP contribution in [0.4, 0.5) is 0 Å². The third-order valence-corrected chi connectivity index (χ3v) is 4.03. The first-order valence-electron chi connectivity index (χ1n) is 8.61. The van der Waals surface area contributed by atoms with Crippen LogP contribution < -0.4 is 20.7 Å². The van der Waals surface area contributed by atoms with E-state index < -0.39 is 11.2 Å². The van der Waals surface area contributed by atoms with E-state index in [1.165, 1.54) is 22.9 Å². The average molecular weight is 410 g/mol. The van der Waals surface area contributed by atoms with Crippen molar-refractivity contribution >= 4 is 17.7 Å². The molecule has 146 valence electrons. The number of benzene rings is 2. The van der Waals surface area contributed by atoms with Crippen molar-refractivity contribution < 1.29 is 9.47 Å². The number of ether oxygens (including phenoxy) is 2. The second-order valence-electron chi connectivity index (χ2n) is 5.88. The number of allylic oxidation sites excluding steroid dienone is 1. The third kappa shape index (κ3) is 5.61. The third-order valence-electron chi connectivity index (χ3n) is 3.81. The van der Waals surface area contributed by atoms with Gasteiger partial charge in [0.05, 0.1) is 12.6 Å². The van der Waals surface area contributed by atoms with E-state index in [-0.39, 0.29) is 13.2 Å². The molecule has 0 unspecified atom stereocenters. The number of nitriles is 1. The molecule has 1 N–H and O–H groups in total. The minimum absolute atomic E-state index is 0.192. The van der Waals surface area contributed by atoms with Gasteiger partial charge in [-0.3, -0.25) is 14.3 Å². The van der Waals surface area contributed by atoms with Gasteiger partial charge in [0, 0.05) is 23.4 Å². The summed E-state index contributed by atoms with van der Waals surface area (Å²) < 4.78 is 13.0. The molecule has 0 saturated heterocycles. The Hall–Kier alpha value is -3.76. The molecule has 8 heteroatoms. The largest absolute Gasteiger partial charge is 0.488 e. The summed E-state index contributed by atoms with van der Waals surface area (Å²) in [4.78, 5) is 25.0. The van der Waals surface area contributed by atoms with Crippen molar-refractivity contribution in [1.82, 2.24) is 9.55 Å². The van der Waals surface area contributed by atoms with Crippen LogP contribution in [0.1, 0.15) is 5.56 Å². The predicted octanol–water partition coefficient (Wildman–Crippen LogP) is 3.60.